The molecule has 0 atom stereocenters. The van der Waals surface area contributed by atoms with Gasteiger partial charge in [0.1, 0.15) is 0 Å². The van der Waals surface area contributed by atoms with Gasteiger partial charge >= 0.3 is 0 Å². The molecule has 0 amide bonds. The Morgan fingerprint density at radius 1 is 1.39 bits per heavy atom. The molecule has 4 nitrogen and oxygen atoms in total. The largest absolute Gasteiger partial charge is 0.312 e. The van der Waals surface area contributed by atoms with Gasteiger partial charge in [-0.25, -0.2) is 4.98 Å². The first kappa shape index (κ1) is 13.3. The Morgan fingerprint density at radius 3 is 2.78 bits per heavy atom. The van der Waals surface area contributed by atoms with Crippen LogP contribution >= 0.6 is 0 Å². The van der Waals surface area contributed by atoms with E-state index in [4.69, 9.17) is 0 Å². The van der Waals surface area contributed by atoms with Crippen LogP contribution < -0.4 is 10.9 Å². The second-order valence-corrected chi connectivity index (χ2v) is 5.47. The molecule has 0 bridgehead atoms. The highest BCUT2D eigenvalue weighted by molar-refractivity contribution is 4.95. The molecule has 1 aliphatic carbocycles. The number of hydrogen-bond acceptors (Lipinski definition) is 3. The molecule has 1 heterocycles. The Balaban J connectivity index is 1.76. The van der Waals surface area contributed by atoms with Gasteiger partial charge in [-0.3, -0.25) is 9.36 Å². The first-order valence-corrected chi connectivity index (χ1v) is 6.91. The average molecular weight is 249 g/mol. The van der Waals surface area contributed by atoms with Crippen LogP contribution in [0.5, 0.6) is 0 Å². The van der Waals surface area contributed by atoms with Gasteiger partial charge in [0.05, 0.1) is 6.33 Å². The molecule has 1 aromatic heterocycles. The van der Waals surface area contributed by atoms with Gasteiger partial charge in [-0.2, -0.15) is 0 Å². The number of rotatable bonds is 4. The summed E-state index contributed by atoms with van der Waals surface area (Å²) in [5.41, 5.74) is 0.826. The third kappa shape index (κ3) is 3.67. The maximum atomic E-state index is 11.7. The van der Waals surface area contributed by atoms with E-state index in [0.717, 1.165) is 18.2 Å². The van der Waals surface area contributed by atoms with Gasteiger partial charge in [0.15, 0.2) is 0 Å². The molecule has 1 aromatic rings. The molecule has 2 rings (SSSR count). The zero-order valence-electron chi connectivity index (χ0n) is 11.4. The molecule has 0 spiro atoms. The number of aryl methyl sites for hydroxylation is 1. The van der Waals surface area contributed by atoms with Gasteiger partial charge < -0.3 is 5.32 Å². The summed E-state index contributed by atoms with van der Waals surface area (Å²) >= 11 is 0. The minimum absolute atomic E-state index is 0.0431. The van der Waals surface area contributed by atoms with Crippen LogP contribution in [-0.2, 0) is 6.54 Å². The molecule has 18 heavy (non-hydrogen) atoms. The van der Waals surface area contributed by atoms with Crippen molar-refractivity contribution in [3.8, 4) is 0 Å². The maximum Gasteiger partial charge on any atom is 0.253 e. The smallest absolute Gasteiger partial charge is 0.253 e. The molecule has 4 heteroatoms. The van der Waals surface area contributed by atoms with Gasteiger partial charge in [-0.1, -0.05) is 6.92 Å². The fourth-order valence-electron chi connectivity index (χ4n) is 2.54. The summed E-state index contributed by atoms with van der Waals surface area (Å²) in [4.78, 5) is 15.8. The van der Waals surface area contributed by atoms with Crippen molar-refractivity contribution < 1.29 is 0 Å². The van der Waals surface area contributed by atoms with E-state index in [9.17, 15) is 4.79 Å². The molecule has 1 N–H and O–H groups in total. The molecule has 0 unspecified atom stereocenters. The van der Waals surface area contributed by atoms with Crippen molar-refractivity contribution in [3.63, 3.8) is 0 Å². The van der Waals surface area contributed by atoms with Crippen molar-refractivity contribution >= 4 is 0 Å². The van der Waals surface area contributed by atoms with Crippen LogP contribution in [-0.4, -0.2) is 22.1 Å². The van der Waals surface area contributed by atoms with Crippen LogP contribution in [0.15, 0.2) is 17.2 Å². The van der Waals surface area contributed by atoms with Crippen molar-refractivity contribution in [2.75, 3.05) is 6.54 Å². The monoisotopic (exact) mass is 249 g/mol. The summed E-state index contributed by atoms with van der Waals surface area (Å²) < 4.78 is 1.67. The molecule has 1 fully saturated rings. The van der Waals surface area contributed by atoms with E-state index in [1.165, 1.54) is 25.7 Å². The summed E-state index contributed by atoms with van der Waals surface area (Å²) in [5, 5.41) is 3.54. The lowest BCUT2D eigenvalue weighted by Gasteiger charge is -2.27. The zero-order chi connectivity index (χ0) is 13.0. The van der Waals surface area contributed by atoms with E-state index < -0.39 is 0 Å². The van der Waals surface area contributed by atoms with Crippen LogP contribution in [0.2, 0.25) is 0 Å². The standard InChI is InChI=1S/C14H23N3O/c1-11-3-5-13(6-4-11)15-7-8-17-10-16-12(2)9-14(17)18/h9-11,13,15H,3-8H2,1-2H3. The van der Waals surface area contributed by atoms with Gasteiger partial charge in [0.25, 0.3) is 5.56 Å². The van der Waals surface area contributed by atoms with Crippen molar-refractivity contribution in [1.82, 2.24) is 14.9 Å². The minimum Gasteiger partial charge on any atom is -0.312 e. The lowest BCUT2D eigenvalue weighted by molar-refractivity contribution is 0.305. The van der Waals surface area contributed by atoms with Crippen LogP contribution in [0.3, 0.4) is 0 Å². The van der Waals surface area contributed by atoms with E-state index in [1.807, 2.05) is 6.92 Å². The first-order valence-electron chi connectivity index (χ1n) is 6.91. The second-order valence-electron chi connectivity index (χ2n) is 5.47. The van der Waals surface area contributed by atoms with Crippen LogP contribution in [0.1, 0.15) is 38.3 Å². The summed E-state index contributed by atoms with van der Waals surface area (Å²) in [6.07, 6.45) is 6.82. The predicted molar refractivity (Wildman–Crippen MR) is 72.7 cm³/mol. The molecule has 0 saturated heterocycles. The van der Waals surface area contributed by atoms with E-state index in [0.29, 0.717) is 12.6 Å². The molecule has 0 radical (unpaired) electrons. The number of nitrogens with zero attached hydrogens (tertiary/aromatic N) is 2. The quantitative estimate of drug-likeness (QED) is 0.884. The lowest BCUT2D eigenvalue weighted by atomic mass is 9.87. The van der Waals surface area contributed by atoms with Crippen molar-refractivity contribution in [1.29, 1.82) is 0 Å². The molecule has 0 aromatic carbocycles. The van der Waals surface area contributed by atoms with Gasteiger partial charge in [0.2, 0.25) is 0 Å². The van der Waals surface area contributed by atoms with Crippen LogP contribution in [0, 0.1) is 12.8 Å². The maximum absolute atomic E-state index is 11.7. The molecule has 1 aliphatic rings. The Labute approximate surface area is 108 Å². The molecular weight excluding hydrogens is 226 g/mol. The van der Waals surface area contributed by atoms with E-state index in [2.05, 4.69) is 17.2 Å². The zero-order valence-corrected chi connectivity index (χ0v) is 11.4. The number of nitrogens with one attached hydrogen (secondary N) is 1. The highest BCUT2D eigenvalue weighted by Crippen LogP contribution is 2.23. The third-order valence-corrected chi connectivity index (χ3v) is 3.82. The minimum atomic E-state index is 0.0431. The Bertz CT molecular complexity index is 433. The Hall–Kier alpha value is -1.16. The lowest BCUT2D eigenvalue weighted by Crippen LogP contribution is -2.36. The van der Waals surface area contributed by atoms with Crippen LogP contribution in [0.25, 0.3) is 0 Å². The summed E-state index contributed by atoms with van der Waals surface area (Å²) in [6.45, 7) is 5.72. The summed E-state index contributed by atoms with van der Waals surface area (Å²) in [5.74, 6) is 0.881. The SMILES string of the molecule is Cc1cc(=O)n(CCNC2CCC(C)CC2)cn1. The van der Waals surface area contributed by atoms with Crippen molar-refractivity contribution in [3.05, 3.63) is 28.4 Å². The van der Waals surface area contributed by atoms with E-state index >= 15 is 0 Å². The van der Waals surface area contributed by atoms with Crippen LogP contribution in [0.4, 0.5) is 0 Å². The Morgan fingerprint density at radius 2 is 2.11 bits per heavy atom. The summed E-state index contributed by atoms with van der Waals surface area (Å²) in [7, 11) is 0. The normalized spacial score (nSPS) is 24.1. The molecule has 0 aliphatic heterocycles. The number of hydrogen-bond donors (Lipinski definition) is 1. The Kier molecular flexibility index (Phi) is 4.53. The number of aromatic nitrogens is 2. The average Bonchev–Trinajstić information content (AvgIpc) is 2.34. The van der Waals surface area contributed by atoms with E-state index in [1.54, 1.807) is 17.0 Å². The third-order valence-electron chi connectivity index (χ3n) is 3.82. The second kappa shape index (κ2) is 6.14. The van der Waals surface area contributed by atoms with Gasteiger partial charge in [-0.15, -0.1) is 0 Å². The summed E-state index contributed by atoms with van der Waals surface area (Å²) in [6, 6.07) is 2.22. The predicted octanol–water partition coefficient (Wildman–Crippen LogP) is 1.72. The molecular formula is C14H23N3O. The fourth-order valence-corrected chi connectivity index (χ4v) is 2.54. The van der Waals surface area contributed by atoms with Gasteiger partial charge in [0, 0.05) is 30.9 Å². The fraction of sp³-hybridized carbons (Fsp3) is 0.714. The first-order chi connectivity index (χ1) is 8.65. The highest BCUT2D eigenvalue weighted by atomic mass is 16.1. The highest BCUT2D eigenvalue weighted by Gasteiger charge is 2.17. The molecule has 100 valence electrons. The molecule has 1 saturated carbocycles. The topological polar surface area (TPSA) is 46.9 Å². The van der Waals surface area contributed by atoms with E-state index in [-0.39, 0.29) is 5.56 Å². The van der Waals surface area contributed by atoms with Crippen molar-refractivity contribution in [2.45, 2.75) is 52.1 Å². The van der Waals surface area contributed by atoms with Gasteiger partial charge in [-0.05, 0) is 38.5 Å². The van der Waals surface area contributed by atoms with Crippen molar-refractivity contribution in [2.24, 2.45) is 5.92 Å².